The summed E-state index contributed by atoms with van der Waals surface area (Å²) in [4.78, 5) is 13.8. The number of rotatable bonds is 9. The van der Waals surface area contributed by atoms with Crippen LogP contribution >= 0.6 is 11.8 Å². The van der Waals surface area contributed by atoms with Crippen molar-refractivity contribution >= 4 is 17.7 Å². The molecule has 0 spiro atoms. The summed E-state index contributed by atoms with van der Waals surface area (Å²) < 4.78 is 10.7. The second-order valence-electron chi connectivity index (χ2n) is 5.40. The maximum atomic E-state index is 11.8. The molecule has 0 atom stereocenters. The fourth-order valence-electron chi connectivity index (χ4n) is 1.92. The Kier molecular flexibility index (Phi) is 7.07. The lowest BCUT2D eigenvalue weighted by Gasteiger charge is -2.09. The highest BCUT2D eigenvalue weighted by Gasteiger charge is 2.11. The molecule has 1 N–H and O–H groups in total. The van der Waals surface area contributed by atoms with E-state index in [1.165, 1.54) is 11.8 Å². The van der Waals surface area contributed by atoms with Crippen LogP contribution in [-0.4, -0.2) is 61.1 Å². The maximum Gasteiger partial charge on any atom is 0.277 e. The highest BCUT2D eigenvalue weighted by molar-refractivity contribution is 7.99. The largest absolute Gasteiger partial charge is 0.497 e. The van der Waals surface area contributed by atoms with Gasteiger partial charge >= 0.3 is 0 Å². The van der Waals surface area contributed by atoms with Gasteiger partial charge in [0.05, 0.1) is 12.9 Å². The minimum absolute atomic E-state index is 0.0389. The lowest BCUT2D eigenvalue weighted by Crippen LogP contribution is -2.28. The lowest BCUT2D eigenvalue weighted by molar-refractivity contribution is -0.118. The number of amides is 1. The van der Waals surface area contributed by atoms with Crippen LogP contribution in [0.2, 0.25) is 0 Å². The third kappa shape index (κ3) is 5.86. The summed E-state index contributed by atoms with van der Waals surface area (Å²) in [6, 6.07) is 7.34. The second kappa shape index (κ2) is 9.29. The highest BCUT2D eigenvalue weighted by Crippen LogP contribution is 2.24. The van der Waals surface area contributed by atoms with Gasteiger partial charge in [0.2, 0.25) is 11.8 Å². The first kappa shape index (κ1) is 18.3. The van der Waals surface area contributed by atoms with Gasteiger partial charge in [0.25, 0.3) is 5.22 Å². The van der Waals surface area contributed by atoms with Gasteiger partial charge in [-0.05, 0) is 51.3 Å². The fraction of sp³-hybridized carbons (Fsp3) is 0.438. The van der Waals surface area contributed by atoms with Crippen LogP contribution < -0.4 is 10.1 Å². The molecule has 1 aromatic carbocycles. The summed E-state index contributed by atoms with van der Waals surface area (Å²) in [5, 5.41) is 11.2. The Hall–Kier alpha value is -2.06. The Morgan fingerprint density at radius 2 is 2.04 bits per heavy atom. The van der Waals surface area contributed by atoms with Crippen LogP contribution in [-0.2, 0) is 4.79 Å². The number of nitrogens with zero attached hydrogens (tertiary/aromatic N) is 3. The van der Waals surface area contributed by atoms with E-state index in [9.17, 15) is 4.79 Å². The van der Waals surface area contributed by atoms with E-state index < -0.39 is 0 Å². The van der Waals surface area contributed by atoms with Crippen molar-refractivity contribution < 1.29 is 13.9 Å². The molecular weight excluding hydrogens is 328 g/mol. The van der Waals surface area contributed by atoms with Gasteiger partial charge in [-0.2, -0.15) is 0 Å². The molecule has 0 radical (unpaired) electrons. The average molecular weight is 350 g/mol. The van der Waals surface area contributed by atoms with Crippen molar-refractivity contribution in [2.24, 2.45) is 0 Å². The molecule has 0 aliphatic carbocycles. The molecule has 130 valence electrons. The Bertz CT molecular complexity index is 643. The monoisotopic (exact) mass is 350 g/mol. The number of aromatic nitrogens is 2. The van der Waals surface area contributed by atoms with Gasteiger partial charge < -0.3 is 19.4 Å². The summed E-state index contributed by atoms with van der Waals surface area (Å²) in [7, 11) is 5.63. The zero-order valence-corrected chi connectivity index (χ0v) is 14.9. The van der Waals surface area contributed by atoms with Gasteiger partial charge in [-0.15, -0.1) is 10.2 Å². The van der Waals surface area contributed by atoms with E-state index in [0.29, 0.717) is 17.7 Å². The zero-order valence-electron chi connectivity index (χ0n) is 14.1. The van der Waals surface area contributed by atoms with Crippen LogP contribution in [0.3, 0.4) is 0 Å². The number of thioether (sulfide) groups is 1. The van der Waals surface area contributed by atoms with E-state index in [0.717, 1.165) is 24.3 Å². The van der Waals surface area contributed by atoms with Gasteiger partial charge in [-0.3, -0.25) is 4.79 Å². The van der Waals surface area contributed by atoms with Crippen molar-refractivity contribution in [2.75, 3.05) is 40.0 Å². The van der Waals surface area contributed by atoms with Gasteiger partial charge in [-0.25, -0.2) is 0 Å². The van der Waals surface area contributed by atoms with Crippen LogP contribution in [0.1, 0.15) is 6.42 Å². The molecule has 2 rings (SSSR count). The molecule has 1 aromatic heterocycles. The number of carbonyl (C=O) groups is 1. The molecule has 2 aromatic rings. The lowest BCUT2D eigenvalue weighted by atomic mass is 10.2. The van der Waals surface area contributed by atoms with Crippen LogP contribution in [0, 0.1) is 0 Å². The van der Waals surface area contributed by atoms with Crippen molar-refractivity contribution in [1.82, 2.24) is 20.4 Å². The molecule has 0 bridgehead atoms. The Morgan fingerprint density at radius 1 is 1.29 bits per heavy atom. The standard InChI is InChI=1S/C16H22N4O3S/c1-20(2)10-4-9-17-14(21)11-24-16-19-18-15(23-16)12-5-7-13(22-3)8-6-12/h5-8H,4,9-11H2,1-3H3,(H,17,21). The maximum absolute atomic E-state index is 11.8. The Morgan fingerprint density at radius 3 is 2.71 bits per heavy atom. The minimum atomic E-state index is -0.0389. The number of carbonyl (C=O) groups excluding carboxylic acids is 1. The number of benzene rings is 1. The second-order valence-corrected chi connectivity index (χ2v) is 6.32. The summed E-state index contributed by atoms with van der Waals surface area (Å²) in [6.07, 6.45) is 0.922. The third-order valence-electron chi connectivity index (χ3n) is 3.17. The van der Waals surface area contributed by atoms with Crippen molar-refractivity contribution in [3.05, 3.63) is 24.3 Å². The number of nitrogens with one attached hydrogen (secondary N) is 1. The highest BCUT2D eigenvalue weighted by atomic mass is 32.2. The van der Waals surface area contributed by atoms with E-state index >= 15 is 0 Å². The van der Waals surface area contributed by atoms with Crippen molar-refractivity contribution in [3.63, 3.8) is 0 Å². The van der Waals surface area contributed by atoms with Gasteiger partial charge in [0, 0.05) is 12.1 Å². The zero-order chi connectivity index (χ0) is 17.4. The van der Waals surface area contributed by atoms with Crippen LogP contribution in [0.5, 0.6) is 5.75 Å². The van der Waals surface area contributed by atoms with E-state index in [1.807, 2.05) is 38.4 Å². The molecule has 1 amide bonds. The third-order valence-corrected chi connectivity index (χ3v) is 3.99. The van der Waals surface area contributed by atoms with Gasteiger partial charge in [0.1, 0.15) is 5.75 Å². The van der Waals surface area contributed by atoms with E-state index in [4.69, 9.17) is 9.15 Å². The van der Waals surface area contributed by atoms with Crippen LogP contribution in [0.25, 0.3) is 11.5 Å². The topological polar surface area (TPSA) is 80.5 Å². The molecule has 24 heavy (non-hydrogen) atoms. The predicted molar refractivity (Wildman–Crippen MR) is 93.2 cm³/mol. The van der Waals surface area contributed by atoms with Crippen molar-refractivity contribution in [1.29, 1.82) is 0 Å². The average Bonchev–Trinajstić information content (AvgIpc) is 3.06. The smallest absolute Gasteiger partial charge is 0.277 e. The predicted octanol–water partition coefficient (Wildman–Crippen LogP) is 1.91. The normalized spacial score (nSPS) is 10.8. The summed E-state index contributed by atoms with van der Waals surface area (Å²) in [5.74, 6) is 1.40. The van der Waals surface area contributed by atoms with E-state index in [2.05, 4.69) is 20.4 Å². The first-order valence-corrected chi connectivity index (χ1v) is 8.59. The molecule has 0 aliphatic rings. The SMILES string of the molecule is COc1ccc(-c2nnc(SCC(=O)NCCCN(C)C)o2)cc1. The number of hydrogen-bond donors (Lipinski definition) is 1. The Balaban J connectivity index is 1.77. The fourth-order valence-corrected chi connectivity index (χ4v) is 2.51. The van der Waals surface area contributed by atoms with E-state index in [1.54, 1.807) is 7.11 Å². The van der Waals surface area contributed by atoms with Gasteiger partial charge in [-0.1, -0.05) is 11.8 Å². The molecule has 0 unspecified atom stereocenters. The molecule has 0 saturated heterocycles. The van der Waals surface area contributed by atoms with Crippen LogP contribution in [0.15, 0.2) is 33.9 Å². The summed E-state index contributed by atoms with van der Waals surface area (Å²) in [6.45, 7) is 1.61. The quantitative estimate of drug-likeness (QED) is 0.546. The number of hydrogen-bond acceptors (Lipinski definition) is 7. The minimum Gasteiger partial charge on any atom is -0.497 e. The van der Waals surface area contributed by atoms with E-state index in [-0.39, 0.29) is 11.7 Å². The molecule has 0 fully saturated rings. The molecule has 0 saturated carbocycles. The molecule has 1 heterocycles. The molecule has 8 heteroatoms. The van der Waals surface area contributed by atoms with Crippen molar-refractivity contribution in [2.45, 2.75) is 11.6 Å². The number of ether oxygens (including phenoxy) is 1. The first-order valence-electron chi connectivity index (χ1n) is 7.60. The summed E-state index contributed by atoms with van der Waals surface area (Å²) >= 11 is 1.23. The van der Waals surface area contributed by atoms with Gasteiger partial charge in [0.15, 0.2) is 0 Å². The van der Waals surface area contributed by atoms with Crippen molar-refractivity contribution in [3.8, 4) is 17.2 Å². The number of methoxy groups -OCH3 is 1. The van der Waals surface area contributed by atoms with Crippen LogP contribution in [0.4, 0.5) is 0 Å². The first-order chi connectivity index (χ1) is 11.6. The molecular formula is C16H22N4O3S. The molecule has 0 aliphatic heterocycles. The summed E-state index contributed by atoms with van der Waals surface area (Å²) in [5.41, 5.74) is 0.809. The Labute approximate surface area is 145 Å². The molecule has 7 nitrogen and oxygen atoms in total.